The first kappa shape index (κ1) is 39.2. The summed E-state index contributed by atoms with van der Waals surface area (Å²) in [5.74, 6) is 1.94. The van der Waals surface area contributed by atoms with Crippen LogP contribution in [0.15, 0.2) is 249 Å². The molecule has 5 heteroatoms. The molecule has 0 saturated heterocycles. The fraction of sp³-hybridized carbons (Fsp3) is 0. The first-order valence-electron chi connectivity index (χ1n) is 23.0. The van der Waals surface area contributed by atoms with Gasteiger partial charge in [0, 0.05) is 50.2 Å². The molecule has 0 radical (unpaired) electrons. The quantitative estimate of drug-likeness (QED) is 0.143. The summed E-state index contributed by atoms with van der Waals surface area (Å²) >= 11 is 0. The maximum atomic E-state index is 5.06. The molecule has 0 unspecified atom stereocenters. The maximum absolute atomic E-state index is 5.06. The predicted octanol–water partition coefficient (Wildman–Crippen LogP) is 16.6. The van der Waals surface area contributed by atoms with Gasteiger partial charge in [-0.2, -0.15) is 0 Å². The van der Waals surface area contributed by atoms with E-state index in [0.717, 1.165) is 44.8 Å². The summed E-state index contributed by atoms with van der Waals surface area (Å²) in [6.45, 7) is 0. The number of benzene rings is 11. The van der Waals surface area contributed by atoms with Gasteiger partial charge in [-0.15, -0.1) is 0 Å². The van der Waals surface area contributed by atoms with E-state index < -0.39 is 0 Å². The first-order chi connectivity index (χ1) is 33.7. The van der Waals surface area contributed by atoms with Crippen LogP contribution in [0.5, 0.6) is 0 Å². The van der Waals surface area contributed by atoms with Gasteiger partial charge in [0.25, 0.3) is 0 Å². The van der Waals surface area contributed by atoms with Gasteiger partial charge in [0.2, 0.25) is 0 Å². The first-order valence-corrected chi connectivity index (χ1v) is 23.0. The second-order valence-electron chi connectivity index (χ2n) is 17.2. The summed E-state index contributed by atoms with van der Waals surface area (Å²) in [5.41, 5.74) is 12.0. The minimum absolute atomic E-state index is 0.642. The van der Waals surface area contributed by atoms with Gasteiger partial charge in [-0.05, 0) is 116 Å². The summed E-state index contributed by atoms with van der Waals surface area (Å²) in [6, 6.07) is 88.4. The Labute approximate surface area is 393 Å². The van der Waals surface area contributed by atoms with Gasteiger partial charge in [0.15, 0.2) is 17.5 Å². The van der Waals surface area contributed by atoms with Crippen LogP contribution in [-0.2, 0) is 0 Å². The van der Waals surface area contributed by atoms with Crippen LogP contribution in [0, 0.1) is 0 Å². The lowest BCUT2D eigenvalue weighted by atomic mass is 9.93. The van der Waals surface area contributed by atoms with Crippen molar-refractivity contribution in [2.75, 3.05) is 4.90 Å². The number of anilines is 3. The zero-order valence-corrected chi connectivity index (χ0v) is 36.9. The lowest BCUT2D eigenvalue weighted by Crippen LogP contribution is -2.09. The van der Waals surface area contributed by atoms with E-state index in [1.165, 1.54) is 59.9 Å². The van der Waals surface area contributed by atoms with E-state index in [1.807, 2.05) is 60.7 Å². The van der Waals surface area contributed by atoms with Crippen molar-refractivity contribution in [3.8, 4) is 51.0 Å². The van der Waals surface area contributed by atoms with E-state index in [2.05, 4.69) is 198 Å². The monoisotopic (exact) mass is 867 g/mol. The van der Waals surface area contributed by atoms with Crippen LogP contribution in [0.2, 0.25) is 0 Å². The Bertz CT molecular complexity index is 3880. The van der Waals surface area contributed by atoms with Crippen LogP contribution in [0.3, 0.4) is 0 Å². The van der Waals surface area contributed by atoms with Crippen molar-refractivity contribution in [3.63, 3.8) is 0 Å². The van der Waals surface area contributed by atoms with Crippen LogP contribution in [0.4, 0.5) is 17.1 Å². The molecular weight excluding hydrogens is 827 g/mol. The summed E-state index contributed by atoms with van der Waals surface area (Å²) in [4.78, 5) is 17.4. The van der Waals surface area contributed by atoms with Gasteiger partial charge in [-0.1, -0.05) is 176 Å². The third kappa shape index (κ3) is 6.76. The maximum Gasteiger partial charge on any atom is 0.164 e. The van der Waals surface area contributed by atoms with Gasteiger partial charge in [-0.3, -0.25) is 0 Å². The van der Waals surface area contributed by atoms with Gasteiger partial charge in [-0.25, -0.2) is 15.0 Å². The Morgan fingerprint density at radius 1 is 0.250 bits per heavy atom. The van der Waals surface area contributed by atoms with Crippen molar-refractivity contribution >= 4 is 71.2 Å². The molecule has 5 nitrogen and oxygen atoms in total. The van der Waals surface area contributed by atoms with E-state index in [4.69, 9.17) is 15.0 Å². The number of hydrogen-bond donors (Lipinski definition) is 0. The normalized spacial score (nSPS) is 11.5. The summed E-state index contributed by atoms with van der Waals surface area (Å²) in [5, 5.41) is 9.57. The molecule has 68 heavy (non-hydrogen) atoms. The lowest BCUT2D eigenvalue weighted by Gasteiger charge is -2.25. The number of fused-ring (bicyclic) bond motifs is 9. The molecule has 0 fully saturated rings. The number of nitrogens with zero attached hydrogens (tertiary/aromatic N) is 5. The number of rotatable bonds is 8. The number of aromatic nitrogens is 4. The SMILES string of the molecule is c1ccc(-c2nc(-c3ccccc3)nc(-c3ccc4c5ccc(-n6c7ccccc7c7cc(-c8ccc(N(c9ccccc9)c9ccccc9)cc8)ccc76)cc5c5ccccc5c4c3)n2)cc1. The minimum atomic E-state index is 0.642. The predicted molar refractivity (Wildman–Crippen MR) is 283 cm³/mol. The molecule has 13 aromatic rings. The largest absolute Gasteiger partial charge is 0.311 e. The summed E-state index contributed by atoms with van der Waals surface area (Å²) in [6.07, 6.45) is 0. The molecule has 0 bridgehead atoms. The van der Waals surface area contributed by atoms with Crippen LogP contribution in [-0.4, -0.2) is 19.5 Å². The summed E-state index contributed by atoms with van der Waals surface area (Å²) < 4.78 is 2.42. The van der Waals surface area contributed by atoms with Gasteiger partial charge in [0.1, 0.15) is 0 Å². The highest BCUT2D eigenvalue weighted by Gasteiger charge is 2.19. The second kappa shape index (κ2) is 16.4. The van der Waals surface area contributed by atoms with Crippen molar-refractivity contribution < 1.29 is 0 Å². The third-order valence-corrected chi connectivity index (χ3v) is 13.2. The topological polar surface area (TPSA) is 46.8 Å². The molecule has 2 heterocycles. The lowest BCUT2D eigenvalue weighted by molar-refractivity contribution is 1.07. The van der Waals surface area contributed by atoms with E-state index >= 15 is 0 Å². The van der Waals surface area contributed by atoms with Crippen molar-refractivity contribution in [1.82, 2.24) is 19.5 Å². The molecule has 0 saturated carbocycles. The fourth-order valence-corrected chi connectivity index (χ4v) is 10.00. The Hall–Kier alpha value is -9.19. The van der Waals surface area contributed by atoms with Gasteiger partial charge < -0.3 is 9.47 Å². The molecule has 0 spiro atoms. The Kier molecular flexibility index (Phi) is 9.43. The Morgan fingerprint density at radius 3 is 1.26 bits per heavy atom. The molecule has 2 aromatic heterocycles. The number of para-hydroxylation sites is 3. The molecule has 0 aliphatic rings. The van der Waals surface area contributed by atoms with Crippen LogP contribution in [0.1, 0.15) is 0 Å². The van der Waals surface area contributed by atoms with Crippen molar-refractivity contribution in [3.05, 3.63) is 249 Å². The van der Waals surface area contributed by atoms with Crippen LogP contribution < -0.4 is 4.90 Å². The zero-order valence-electron chi connectivity index (χ0n) is 36.9. The van der Waals surface area contributed by atoms with E-state index in [0.29, 0.717) is 17.5 Å². The standard InChI is InChI=1S/C63H41N5/c1-5-17-43(18-6-1)61-64-62(44-19-7-2-8-20-44)66-63(65-61)46-31-36-53-54-37-35-50(41-57(54)52-26-14-13-25-51(52)56(53)40-46)68-59-28-16-15-27-55(59)58-39-45(32-38-60(58)68)42-29-33-49(34-30-42)67(47-21-9-3-10-22-47)48-23-11-4-12-24-48/h1-41H. The van der Waals surface area contributed by atoms with Crippen LogP contribution >= 0.6 is 0 Å². The van der Waals surface area contributed by atoms with Gasteiger partial charge in [0.05, 0.1) is 11.0 Å². The average molecular weight is 868 g/mol. The molecule has 11 aromatic carbocycles. The highest BCUT2D eigenvalue weighted by Crippen LogP contribution is 2.41. The minimum Gasteiger partial charge on any atom is -0.311 e. The molecular formula is C63H41N5. The highest BCUT2D eigenvalue weighted by atomic mass is 15.1. The molecule has 318 valence electrons. The van der Waals surface area contributed by atoms with E-state index in [9.17, 15) is 0 Å². The Balaban J connectivity index is 0.912. The third-order valence-electron chi connectivity index (χ3n) is 13.2. The molecule has 0 aliphatic carbocycles. The molecule has 0 amide bonds. The van der Waals surface area contributed by atoms with E-state index in [1.54, 1.807) is 0 Å². The van der Waals surface area contributed by atoms with Gasteiger partial charge >= 0.3 is 0 Å². The van der Waals surface area contributed by atoms with E-state index in [-0.39, 0.29) is 0 Å². The molecule has 0 aliphatic heterocycles. The van der Waals surface area contributed by atoms with Crippen molar-refractivity contribution in [2.24, 2.45) is 0 Å². The molecule has 0 atom stereocenters. The molecule has 13 rings (SSSR count). The van der Waals surface area contributed by atoms with Crippen LogP contribution in [0.25, 0.3) is 105 Å². The smallest absolute Gasteiger partial charge is 0.164 e. The van der Waals surface area contributed by atoms with Crippen molar-refractivity contribution in [2.45, 2.75) is 0 Å². The Morgan fingerprint density at radius 2 is 0.662 bits per heavy atom. The fourth-order valence-electron chi connectivity index (χ4n) is 10.00. The second-order valence-corrected chi connectivity index (χ2v) is 17.2. The number of hydrogen-bond acceptors (Lipinski definition) is 4. The molecule has 0 N–H and O–H groups in total. The highest BCUT2D eigenvalue weighted by molar-refractivity contribution is 6.26. The summed E-state index contributed by atoms with van der Waals surface area (Å²) in [7, 11) is 0. The zero-order chi connectivity index (χ0) is 45.0. The van der Waals surface area contributed by atoms with Crippen molar-refractivity contribution in [1.29, 1.82) is 0 Å². The average Bonchev–Trinajstić information content (AvgIpc) is 3.75.